The number of rotatable bonds is 16. The number of carboxylic acids is 1. The average Bonchev–Trinajstić information content (AvgIpc) is 2.57. The van der Waals surface area contributed by atoms with E-state index in [0.717, 1.165) is 32.1 Å². The van der Waals surface area contributed by atoms with Gasteiger partial charge >= 0.3 is 5.97 Å². The van der Waals surface area contributed by atoms with Crippen LogP contribution >= 0.6 is 0 Å². The first-order chi connectivity index (χ1) is 12.4. The third-order valence-electron chi connectivity index (χ3n) is 4.34. The lowest BCUT2D eigenvalue weighted by Crippen LogP contribution is -2.49. The molecule has 1 amide bonds. The van der Waals surface area contributed by atoms with Crippen molar-refractivity contribution in [1.82, 2.24) is 5.32 Å². The lowest BCUT2D eigenvalue weighted by Gasteiger charge is -2.20. The summed E-state index contributed by atoms with van der Waals surface area (Å²) in [5.74, 6) is -1.19. The molecule has 0 radical (unpaired) electrons. The topological polar surface area (TPSA) is 66.4 Å². The molecule has 150 valence electrons. The molecule has 0 unspecified atom stereocenters. The van der Waals surface area contributed by atoms with E-state index in [-0.39, 0.29) is 5.91 Å². The molecule has 0 atom stereocenters. The first-order valence-electron chi connectivity index (χ1n) is 10.2. The highest BCUT2D eigenvalue weighted by Crippen LogP contribution is 2.09. The van der Waals surface area contributed by atoms with Crippen LogP contribution in [0.2, 0.25) is 0 Å². The minimum atomic E-state index is -1.19. The van der Waals surface area contributed by atoms with Gasteiger partial charge in [0.25, 0.3) is 0 Å². The van der Waals surface area contributed by atoms with Gasteiger partial charge in [-0.3, -0.25) is 4.79 Å². The molecule has 0 heterocycles. The number of hydrogen-bond acceptors (Lipinski definition) is 2. The van der Waals surface area contributed by atoms with Crippen molar-refractivity contribution < 1.29 is 14.7 Å². The van der Waals surface area contributed by atoms with Crippen LogP contribution in [0.25, 0.3) is 0 Å². The average molecular weight is 366 g/mol. The molecule has 0 saturated heterocycles. The minimum Gasteiger partial charge on any atom is -0.480 e. The molecular weight excluding hydrogens is 326 g/mol. The molecule has 4 nitrogen and oxygen atoms in total. The van der Waals surface area contributed by atoms with Crippen molar-refractivity contribution in [3.8, 4) is 0 Å². The normalized spacial score (nSPS) is 12.1. The second-order valence-electron chi connectivity index (χ2n) is 7.46. The Morgan fingerprint density at radius 3 is 1.96 bits per heavy atom. The SMILES string of the molecule is CCCCCC=CCC=CCCCCCCCC(=O)NC(C)(C)C(=O)O. The summed E-state index contributed by atoms with van der Waals surface area (Å²) in [7, 11) is 0. The van der Waals surface area contributed by atoms with Crippen LogP contribution in [0, 0.1) is 0 Å². The van der Waals surface area contributed by atoms with Gasteiger partial charge in [0.05, 0.1) is 0 Å². The first kappa shape index (κ1) is 24.4. The maximum Gasteiger partial charge on any atom is 0.328 e. The molecule has 26 heavy (non-hydrogen) atoms. The zero-order chi connectivity index (χ0) is 19.7. The van der Waals surface area contributed by atoms with Crippen LogP contribution in [0.1, 0.15) is 97.8 Å². The molecule has 0 aromatic heterocycles. The summed E-state index contributed by atoms with van der Waals surface area (Å²) in [6.07, 6.45) is 22.0. The van der Waals surface area contributed by atoms with Crippen LogP contribution < -0.4 is 5.32 Å². The fourth-order valence-corrected chi connectivity index (χ4v) is 2.56. The zero-order valence-corrected chi connectivity index (χ0v) is 17.1. The van der Waals surface area contributed by atoms with Gasteiger partial charge in [0.1, 0.15) is 5.54 Å². The lowest BCUT2D eigenvalue weighted by molar-refractivity contribution is -0.146. The Morgan fingerprint density at radius 2 is 1.38 bits per heavy atom. The van der Waals surface area contributed by atoms with E-state index in [1.165, 1.54) is 52.4 Å². The highest BCUT2D eigenvalue weighted by Gasteiger charge is 2.28. The maximum absolute atomic E-state index is 11.7. The van der Waals surface area contributed by atoms with Crippen LogP contribution in [0.5, 0.6) is 0 Å². The summed E-state index contributed by atoms with van der Waals surface area (Å²) in [6, 6.07) is 0. The first-order valence-corrected chi connectivity index (χ1v) is 10.2. The zero-order valence-electron chi connectivity index (χ0n) is 17.1. The number of unbranched alkanes of at least 4 members (excludes halogenated alkanes) is 8. The highest BCUT2D eigenvalue weighted by molar-refractivity contribution is 5.86. The second-order valence-corrected chi connectivity index (χ2v) is 7.46. The predicted molar refractivity (Wildman–Crippen MR) is 109 cm³/mol. The van der Waals surface area contributed by atoms with Crippen molar-refractivity contribution in [3.05, 3.63) is 24.3 Å². The minimum absolute atomic E-state index is 0.178. The Hall–Kier alpha value is -1.58. The highest BCUT2D eigenvalue weighted by atomic mass is 16.4. The van der Waals surface area contributed by atoms with E-state index >= 15 is 0 Å². The van der Waals surface area contributed by atoms with Gasteiger partial charge in [0.15, 0.2) is 0 Å². The van der Waals surface area contributed by atoms with Crippen molar-refractivity contribution >= 4 is 11.9 Å². The summed E-state index contributed by atoms with van der Waals surface area (Å²) in [5.41, 5.74) is -1.19. The van der Waals surface area contributed by atoms with Crippen LogP contribution in [0.15, 0.2) is 24.3 Å². The summed E-state index contributed by atoms with van der Waals surface area (Å²) in [6.45, 7) is 5.23. The van der Waals surface area contributed by atoms with Crippen LogP contribution in [-0.2, 0) is 9.59 Å². The molecule has 0 saturated carbocycles. The molecular formula is C22H39NO3. The fraction of sp³-hybridized carbons (Fsp3) is 0.727. The van der Waals surface area contributed by atoms with Crippen molar-refractivity contribution in [3.63, 3.8) is 0 Å². The molecule has 0 aliphatic carbocycles. The number of carbonyl (C=O) groups is 2. The number of carbonyl (C=O) groups excluding carboxylic acids is 1. The van der Waals surface area contributed by atoms with Crippen LogP contribution in [-0.4, -0.2) is 22.5 Å². The van der Waals surface area contributed by atoms with E-state index in [1.807, 2.05) is 0 Å². The lowest BCUT2D eigenvalue weighted by atomic mass is 10.0. The van der Waals surface area contributed by atoms with Crippen molar-refractivity contribution in [2.75, 3.05) is 0 Å². The van der Waals surface area contributed by atoms with Crippen molar-refractivity contribution in [1.29, 1.82) is 0 Å². The number of amides is 1. The van der Waals surface area contributed by atoms with E-state index in [2.05, 4.69) is 36.5 Å². The molecule has 2 N–H and O–H groups in total. The van der Waals surface area contributed by atoms with Gasteiger partial charge in [-0.15, -0.1) is 0 Å². The van der Waals surface area contributed by atoms with Crippen LogP contribution in [0.3, 0.4) is 0 Å². The number of nitrogens with one attached hydrogen (secondary N) is 1. The summed E-state index contributed by atoms with van der Waals surface area (Å²) < 4.78 is 0. The van der Waals surface area contributed by atoms with E-state index < -0.39 is 11.5 Å². The quantitative estimate of drug-likeness (QED) is 0.269. The van der Waals surface area contributed by atoms with Gasteiger partial charge in [0.2, 0.25) is 5.91 Å². The molecule has 0 bridgehead atoms. The molecule has 4 heteroatoms. The smallest absolute Gasteiger partial charge is 0.328 e. The van der Waals surface area contributed by atoms with Crippen molar-refractivity contribution in [2.45, 2.75) is 103 Å². The van der Waals surface area contributed by atoms with E-state index in [9.17, 15) is 9.59 Å². The van der Waals surface area contributed by atoms with Gasteiger partial charge < -0.3 is 10.4 Å². The molecule has 0 rings (SSSR count). The largest absolute Gasteiger partial charge is 0.480 e. The van der Waals surface area contributed by atoms with Gasteiger partial charge in [-0.25, -0.2) is 4.79 Å². The third kappa shape index (κ3) is 14.7. The second kappa shape index (κ2) is 15.7. The van der Waals surface area contributed by atoms with Crippen molar-refractivity contribution in [2.24, 2.45) is 0 Å². The van der Waals surface area contributed by atoms with Gasteiger partial charge in [-0.2, -0.15) is 0 Å². The fourth-order valence-electron chi connectivity index (χ4n) is 2.56. The van der Waals surface area contributed by atoms with Gasteiger partial charge in [0, 0.05) is 6.42 Å². The number of aliphatic carboxylic acids is 1. The molecule has 0 aromatic rings. The molecule has 0 aliphatic rings. The van der Waals surface area contributed by atoms with Gasteiger partial charge in [-0.05, 0) is 52.4 Å². The Labute approximate surface area is 160 Å². The number of allylic oxidation sites excluding steroid dienone is 4. The Bertz CT molecular complexity index is 439. The third-order valence-corrected chi connectivity index (χ3v) is 4.34. The summed E-state index contributed by atoms with van der Waals surface area (Å²) in [5, 5.41) is 11.5. The maximum atomic E-state index is 11.7. The Kier molecular flexibility index (Phi) is 14.7. The molecule has 0 aromatic carbocycles. The monoisotopic (exact) mass is 365 g/mol. The summed E-state index contributed by atoms with van der Waals surface area (Å²) in [4.78, 5) is 22.7. The van der Waals surface area contributed by atoms with E-state index in [4.69, 9.17) is 5.11 Å². The Morgan fingerprint density at radius 1 is 0.846 bits per heavy atom. The molecule has 0 aliphatic heterocycles. The predicted octanol–water partition coefficient (Wildman–Crippen LogP) is 5.78. The number of hydrogen-bond donors (Lipinski definition) is 2. The standard InChI is InChI=1S/C22H39NO3/c1-4-5-6-7-8-9-10-11-12-13-14-15-16-17-18-19-20(24)23-22(2,3)21(25)26/h8-9,11-12H,4-7,10,13-19H2,1-3H3,(H,23,24)(H,25,26). The summed E-state index contributed by atoms with van der Waals surface area (Å²) >= 11 is 0. The molecule has 0 fully saturated rings. The van der Waals surface area contributed by atoms with Gasteiger partial charge in [-0.1, -0.05) is 63.3 Å². The molecule has 0 spiro atoms. The Balaban J connectivity index is 3.47. The van der Waals surface area contributed by atoms with E-state index in [0.29, 0.717) is 6.42 Å². The van der Waals surface area contributed by atoms with E-state index in [1.54, 1.807) is 0 Å². The number of carboxylic acid groups (broad SMARTS) is 1. The van der Waals surface area contributed by atoms with Crippen LogP contribution in [0.4, 0.5) is 0 Å².